The van der Waals surface area contributed by atoms with Crippen molar-refractivity contribution in [3.8, 4) is 0 Å². The van der Waals surface area contributed by atoms with Crippen LogP contribution < -0.4 is 9.62 Å². The highest BCUT2D eigenvalue weighted by atomic mass is 32.2. The Morgan fingerprint density at radius 1 is 1.14 bits per heavy atom. The first-order chi connectivity index (χ1) is 16.1. The number of nitrogens with one attached hydrogen (secondary N) is 1. The monoisotopic (exact) mass is 508 g/mol. The van der Waals surface area contributed by atoms with Gasteiger partial charge in [-0.1, -0.05) is 18.2 Å². The van der Waals surface area contributed by atoms with Gasteiger partial charge in [0, 0.05) is 24.2 Å². The van der Waals surface area contributed by atoms with E-state index in [0.29, 0.717) is 5.56 Å². The van der Waals surface area contributed by atoms with Crippen LogP contribution in [0, 0.1) is 15.9 Å². The van der Waals surface area contributed by atoms with E-state index >= 15 is 0 Å². The quantitative estimate of drug-likeness (QED) is 0.410. The molecule has 10 nitrogen and oxygen atoms in total. The van der Waals surface area contributed by atoms with Crippen molar-refractivity contribution in [1.29, 1.82) is 0 Å². The molecule has 2 rings (SSSR count). The molecule has 0 aliphatic rings. The Kier molecular flexibility index (Phi) is 8.55. The number of carbonyl (C=O) groups is 2. The molecule has 0 fully saturated rings. The van der Waals surface area contributed by atoms with Crippen LogP contribution in [0.5, 0.6) is 0 Å². The summed E-state index contributed by atoms with van der Waals surface area (Å²) in [5, 5.41) is 13.9. The molecule has 2 amide bonds. The van der Waals surface area contributed by atoms with Gasteiger partial charge in [-0.3, -0.25) is 24.0 Å². The summed E-state index contributed by atoms with van der Waals surface area (Å²) in [6, 6.07) is 9.23. The third kappa shape index (κ3) is 8.02. The Bertz CT molecular complexity index is 1200. The molecule has 0 bridgehead atoms. The molecule has 0 saturated heterocycles. The van der Waals surface area contributed by atoms with Crippen molar-refractivity contribution in [3.63, 3.8) is 0 Å². The average molecular weight is 509 g/mol. The van der Waals surface area contributed by atoms with E-state index in [0.717, 1.165) is 16.6 Å². The summed E-state index contributed by atoms with van der Waals surface area (Å²) < 4.78 is 39.2. The van der Waals surface area contributed by atoms with Crippen molar-refractivity contribution in [2.75, 3.05) is 17.1 Å². The zero-order valence-corrected chi connectivity index (χ0v) is 21.0. The number of amides is 2. The van der Waals surface area contributed by atoms with Gasteiger partial charge in [-0.2, -0.15) is 0 Å². The molecule has 0 radical (unpaired) electrons. The molecule has 0 aromatic heterocycles. The van der Waals surface area contributed by atoms with Crippen molar-refractivity contribution in [2.45, 2.75) is 45.8 Å². The number of hydrogen-bond acceptors (Lipinski definition) is 6. The maximum Gasteiger partial charge on any atom is 0.271 e. The minimum atomic E-state index is -4.03. The van der Waals surface area contributed by atoms with Crippen molar-refractivity contribution < 1.29 is 27.3 Å². The van der Waals surface area contributed by atoms with Crippen LogP contribution in [0.25, 0.3) is 0 Å². The van der Waals surface area contributed by atoms with Crippen molar-refractivity contribution in [3.05, 3.63) is 70.0 Å². The fourth-order valence-corrected chi connectivity index (χ4v) is 4.06. The van der Waals surface area contributed by atoms with Crippen LogP contribution in [0.3, 0.4) is 0 Å². The van der Waals surface area contributed by atoms with E-state index in [2.05, 4.69) is 5.32 Å². The number of carbonyl (C=O) groups excluding carboxylic acids is 2. The molecule has 1 N–H and O–H groups in total. The number of nitro groups is 1. The molecule has 0 unspecified atom stereocenters. The molecule has 0 spiro atoms. The predicted octanol–water partition coefficient (Wildman–Crippen LogP) is 2.83. The van der Waals surface area contributed by atoms with Gasteiger partial charge in [0.15, 0.2) is 0 Å². The maximum absolute atomic E-state index is 13.4. The van der Waals surface area contributed by atoms with Crippen LogP contribution in [0.1, 0.15) is 33.3 Å². The van der Waals surface area contributed by atoms with Crippen molar-refractivity contribution >= 4 is 33.2 Å². The summed E-state index contributed by atoms with van der Waals surface area (Å²) in [6.45, 7) is 6.03. The summed E-state index contributed by atoms with van der Waals surface area (Å²) in [6.07, 6.45) is 0.874. The smallest absolute Gasteiger partial charge is 0.271 e. The van der Waals surface area contributed by atoms with E-state index in [-0.39, 0.29) is 17.9 Å². The van der Waals surface area contributed by atoms with Crippen LogP contribution in [0.15, 0.2) is 48.5 Å². The SMILES string of the molecule is C[C@@H](C(=O)NC(C)(C)C)N(Cc1ccc(F)cc1)C(=O)CN(c1cccc([N+](=O)[O-])c1)S(C)(=O)=O. The van der Waals surface area contributed by atoms with Gasteiger partial charge in [-0.25, -0.2) is 12.8 Å². The Morgan fingerprint density at radius 2 is 1.74 bits per heavy atom. The highest BCUT2D eigenvalue weighted by Gasteiger charge is 2.31. The molecule has 0 heterocycles. The molecule has 190 valence electrons. The van der Waals surface area contributed by atoms with Gasteiger partial charge < -0.3 is 10.2 Å². The van der Waals surface area contributed by atoms with Gasteiger partial charge in [-0.15, -0.1) is 0 Å². The number of nitro benzene ring substituents is 1. The van der Waals surface area contributed by atoms with Crippen LogP contribution >= 0.6 is 0 Å². The average Bonchev–Trinajstić information content (AvgIpc) is 2.74. The summed E-state index contributed by atoms with van der Waals surface area (Å²) >= 11 is 0. The summed E-state index contributed by atoms with van der Waals surface area (Å²) in [5.74, 6) is -1.66. The van der Waals surface area contributed by atoms with E-state index in [9.17, 15) is 32.5 Å². The molecule has 0 aliphatic carbocycles. The fourth-order valence-electron chi connectivity index (χ4n) is 3.22. The lowest BCUT2D eigenvalue weighted by Gasteiger charge is -2.33. The van der Waals surface area contributed by atoms with Crippen molar-refractivity contribution in [2.24, 2.45) is 0 Å². The lowest BCUT2D eigenvalue weighted by Crippen LogP contribution is -2.54. The van der Waals surface area contributed by atoms with Gasteiger partial charge in [0.2, 0.25) is 21.8 Å². The van der Waals surface area contributed by atoms with Gasteiger partial charge in [0.25, 0.3) is 5.69 Å². The minimum Gasteiger partial charge on any atom is -0.350 e. The third-order valence-corrected chi connectivity index (χ3v) is 6.08. The summed E-state index contributed by atoms with van der Waals surface area (Å²) in [5.41, 5.74) is -0.470. The second kappa shape index (κ2) is 10.8. The molecular weight excluding hydrogens is 479 g/mol. The molecule has 2 aromatic carbocycles. The number of hydrogen-bond donors (Lipinski definition) is 1. The van der Waals surface area contributed by atoms with E-state index in [4.69, 9.17) is 0 Å². The number of sulfonamides is 1. The second-order valence-corrected chi connectivity index (χ2v) is 11.0. The molecule has 1 atom stereocenters. The lowest BCUT2D eigenvalue weighted by atomic mass is 10.1. The van der Waals surface area contributed by atoms with Crippen LogP contribution in [0.4, 0.5) is 15.8 Å². The van der Waals surface area contributed by atoms with Crippen LogP contribution in [-0.4, -0.2) is 54.4 Å². The molecule has 12 heteroatoms. The van der Waals surface area contributed by atoms with E-state index in [1.807, 2.05) is 0 Å². The molecular formula is C23H29FN4O6S. The maximum atomic E-state index is 13.4. The van der Waals surface area contributed by atoms with Gasteiger partial charge in [0.1, 0.15) is 18.4 Å². The number of non-ortho nitro benzene ring substituents is 1. The predicted molar refractivity (Wildman–Crippen MR) is 130 cm³/mol. The zero-order valence-electron chi connectivity index (χ0n) is 20.2. The number of halogens is 1. The number of rotatable bonds is 9. The molecule has 0 aliphatic heterocycles. The highest BCUT2D eigenvalue weighted by Crippen LogP contribution is 2.24. The van der Waals surface area contributed by atoms with Crippen molar-refractivity contribution in [1.82, 2.24) is 10.2 Å². The third-order valence-electron chi connectivity index (χ3n) is 4.94. The Morgan fingerprint density at radius 3 is 2.26 bits per heavy atom. The highest BCUT2D eigenvalue weighted by molar-refractivity contribution is 7.92. The lowest BCUT2D eigenvalue weighted by molar-refractivity contribution is -0.384. The Balaban J connectivity index is 2.43. The fraction of sp³-hybridized carbons (Fsp3) is 0.391. The second-order valence-electron chi connectivity index (χ2n) is 9.11. The van der Waals surface area contributed by atoms with E-state index in [1.165, 1.54) is 54.3 Å². The first-order valence-corrected chi connectivity index (χ1v) is 12.5. The number of nitrogens with zero attached hydrogens (tertiary/aromatic N) is 3. The Hall–Kier alpha value is -3.54. The largest absolute Gasteiger partial charge is 0.350 e. The van der Waals surface area contributed by atoms with Crippen LogP contribution in [0.2, 0.25) is 0 Å². The Labute approximate surface area is 203 Å². The van der Waals surface area contributed by atoms with Gasteiger partial charge in [0.05, 0.1) is 16.9 Å². The first kappa shape index (κ1) is 27.7. The summed E-state index contributed by atoms with van der Waals surface area (Å²) in [4.78, 5) is 37.9. The number of anilines is 1. The number of benzene rings is 2. The molecule has 2 aromatic rings. The summed E-state index contributed by atoms with van der Waals surface area (Å²) in [7, 11) is -4.03. The zero-order chi connectivity index (χ0) is 26.6. The van der Waals surface area contributed by atoms with E-state index in [1.54, 1.807) is 20.8 Å². The van der Waals surface area contributed by atoms with E-state index < -0.39 is 50.7 Å². The topological polar surface area (TPSA) is 130 Å². The minimum absolute atomic E-state index is 0.0661. The molecule has 35 heavy (non-hydrogen) atoms. The van der Waals surface area contributed by atoms with Gasteiger partial charge in [-0.05, 0) is 51.5 Å². The van der Waals surface area contributed by atoms with Gasteiger partial charge >= 0.3 is 0 Å². The normalized spacial score (nSPS) is 12.5. The first-order valence-electron chi connectivity index (χ1n) is 10.7. The standard InChI is InChI=1S/C23H29FN4O6S/c1-16(22(30)25-23(2,3)4)26(14-17-9-11-18(24)12-10-17)21(29)15-27(35(5,33)34)19-7-6-8-20(13-19)28(31)32/h6-13,16H,14-15H2,1-5H3,(H,25,30)/t16-/m0/s1. The van der Waals surface area contributed by atoms with Crippen LogP contribution in [-0.2, 0) is 26.2 Å². The molecule has 0 saturated carbocycles.